The van der Waals surface area contributed by atoms with Crippen LogP contribution in [0.25, 0.3) is 10.2 Å². The zero-order chi connectivity index (χ0) is 21.3. The first-order valence-corrected chi connectivity index (χ1v) is 12.0. The molecule has 1 aliphatic rings. The number of nitrogens with zero attached hydrogens (tertiary/aromatic N) is 3. The molecule has 2 aromatic heterocycles. The molecule has 6 nitrogen and oxygen atoms in total. The molecule has 1 N–H and O–H groups in total. The van der Waals surface area contributed by atoms with Gasteiger partial charge in [-0.3, -0.25) is 14.2 Å². The van der Waals surface area contributed by atoms with Gasteiger partial charge in [-0.15, -0.1) is 11.3 Å². The topological polar surface area (TPSA) is 67.2 Å². The Morgan fingerprint density at radius 1 is 1.27 bits per heavy atom. The fraction of sp³-hybridized carbons (Fsp3) is 0.409. The van der Waals surface area contributed by atoms with Crippen LogP contribution >= 0.6 is 23.1 Å². The minimum Gasteiger partial charge on any atom is -0.378 e. The van der Waals surface area contributed by atoms with Gasteiger partial charge in [0.15, 0.2) is 5.16 Å². The minimum atomic E-state index is -0.108. The molecule has 0 fully saturated rings. The Morgan fingerprint density at radius 3 is 2.73 bits per heavy atom. The summed E-state index contributed by atoms with van der Waals surface area (Å²) in [4.78, 5) is 34.6. The summed E-state index contributed by atoms with van der Waals surface area (Å²) < 4.78 is 1.75. The van der Waals surface area contributed by atoms with Crippen molar-refractivity contribution in [2.24, 2.45) is 0 Å². The third kappa shape index (κ3) is 4.11. The van der Waals surface area contributed by atoms with Crippen LogP contribution in [-0.2, 0) is 24.2 Å². The van der Waals surface area contributed by atoms with Crippen LogP contribution in [0.5, 0.6) is 0 Å². The normalized spacial score (nSPS) is 12.9. The molecular formula is C22H26N4O2S2. The number of hydrogen-bond acceptors (Lipinski definition) is 6. The maximum Gasteiger partial charge on any atom is 0.263 e. The number of rotatable bonds is 7. The van der Waals surface area contributed by atoms with Crippen LogP contribution in [0.1, 0.15) is 30.2 Å². The van der Waals surface area contributed by atoms with E-state index in [9.17, 15) is 9.59 Å². The second kappa shape index (κ2) is 8.81. The molecule has 158 valence electrons. The van der Waals surface area contributed by atoms with Gasteiger partial charge < -0.3 is 10.2 Å². The van der Waals surface area contributed by atoms with E-state index in [1.807, 2.05) is 50.2 Å². The number of benzene rings is 1. The lowest BCUT2D eigenvalue weighted by Crippen LogP contribution is -2.24. The van der Waals surface area contributed by atoms with E-state index < -0.39 is 0 Å². The minimum absolute atomic E-state index is 0.0448. The van der Waals surface area contributed by atoms with E-state index in [1.54, 1.807) is 15.9 Å². The molecule has 1 aromatic carbocycles. The summed E-state index contributed by atoms with van der Waals surface area (Å²) in [7, 11) is 3.96. The largest absolute Gasteiger partial charge is 0.378 e. The summed E-state index contributed by atoms with van der Waals surface area (Å²) in [5.41, 5.74) is 3.08. The van der Waals surface area contributed by atoms with Crippen molar-refractivity contribution in [1.82, 2.24) is 9.55 Å². The molecule has 0 saturated carbocycles. The summed E-state index contributed by atoms with van der Waals surface area (Å²) >= 11 is 2.97. The molecule has 1 aliphatic carbocycles. The molecule has 0 bridgehead atoms. The van der Waals surface area contributed by atoms with Crippen LogP contribution < -0.4 is 15.8 Å². The van der Waals surface area contributed by atoms with Crippen molar-refractivity contribution in [3.8, 4) is 0 Å². The lowest BCUT2D eigenvalue weighted by molar-refractivity contribution is -0.113. The van der Waals surface area contributed by atoms with Gasteiger partial charge in [-0.25, -0.2) is 4.98 Å². The van der Waals surface area contributed by atoms with Gasteiger partial charge in [-0.1, -0.05) is 18.7 Å². The molecule has 1 amide bonds. The quantitative estimate of drug-likeness (QED) is 0.440. The second-order valence-electron chi connectivity index (χ2n) is 7.67. The molecule has 0 saturated heterocycles. The Hall–Kier alpha value is -2.32. The average Bonchev–Trinajstić information content (AvgIpc) is 3.30. The lowest BCUT2D eigenvalue weighted by Gasteiger charge is -2.13. The third-order valence-corrected chi connectivity index (χ3v) is 7.40. The van der Waals surface area contributed by atoms with E-state index in [2.05, 4.69) is 5.32 Å². The molecule has 0 radical (unpaired) electrons. The number of amides is 1. The number of aryl methyl sites for hydroxylation is 2. The Labute approximate surface area is 184 Å². The lowest BCUT2D eigenvalue weighted by atomic mass is 10.2. The Bertz CT molecular complexity index is 1130. The number of thiophene rings is 1. The van der Waals surface area contributed by atoms with Crippen LogP contribution in [0.4, 0.5) is 11.4 Å². The second-order valence-corrected chi connectivity index (χ2v) is 9.69. The Morgan fingerprint density at radius 2 is 2.03 bits per heavy atom. The number of anilines is 2. The summed E-state index contributed by atoms with van der Waals surface area (Å²) in [5.74, 6) is 0.103. The first-order chi connectivity index (χ1) is 14.5. The summed E-state index contributed by atoms with van der Waals surface area (Å²) in [6.45, 7) is 2.66. The van der Waals surface area contributed by atoms with Crippen molar-refractivity contribution in [2.75, 3.05) is 30.1 Å². The van der Waals surface area contributed by atoms with Crippen molar-refractivity contribution in [2.45, 2.75) is 44.3 Å². The SMILES string of the molecule is CCCn1c(SCC(=O)Nc2ccc(N(C)C)cc2)nc2sc3c(c2c1=O)CCC3. The third-order valence-electron chi connectivity index (χ3n) is 5.24. The number of carbonyl (C=O) groups excluding carboxylic acids is 1. The zero-order valence-corrected chi connectivity index (χ0v) is 19.2. The Balaban J connectivity index is 1.52. The zero-order valence-electron chi connectivity index (χ0n) is 17.5. The van der Waals surface area contributed by atoms with E-state index in [0.717, 1.165) is 47.3 Å². The van der Waals surface area contributed by atoms with E-state index in [-0.39, 0.29) is 17.2 Å². The predicted molar refractivity (Wildman–Crippen MR) is 126 cm³/mol. The van der Waals surface area contributed by atoms with Crippen molar-refractivity contribution >= 4 is 50.6 Å². The van der Waals surface area contributed by atoms with E-state index >= 15 is 0 Å². The highest BCUT2D eigenvalue weighted by molar-refractivity contribution is 7.99. The molecule has 0 spiro atoms. The first-order valence-electron chi connectivity index (χ1n) is 10.2. The van der Waals surface area contributed by atoms with Crippen LogP contribution in [-0.4, -0.2) is 35.3 Å². The highest BCUT2D eigenvalue weighted by Crippen LogP contribution is 2.35. The molecule has 4 rings (SSSR count). The number of hydrogen-bond donors (Lipinski definition) is 1. The van der Waals surface area contributed by atoms with Crippen LogP contribution in [0.3, 0.4) is 0 Å². The van der Waals surface area contributed by atoms with Crippen molar-refractivity contribution in [3.63, 3.8) is 0 Å². The maximum atomic E-state index is 13.2. The van der Waals surface area contributed by atoms with Gasteiger partial charge in [0.05, 0.1) is 11.1 Å². The van der Waals surface area contributed by atoms with Gasteiger partial charge in [0.1, 0.15) is 4.83 Å². The molecule has 2 heterocycles. The molecular weight excluding hydrogens is 416 g/mol. The fourth-order valence-electron chi connectivity index (χ4n) is 3.76. The van der Waals surface area contributed by atoms with E-state index in [0.29, 0.717) is 11.7 Å². The predicted octanol–water partition coefficient (Wildman–Crippen LogP) is 4.15. The molecule has 0 unspecified atom stereocenters. The number of nitrogens with one attached hydrogen (secondary N) is 1. The number of carbonyl (C=O) groups is 1. The van der Waals surface area contributed by atoms with Gasteiger partial charge in [0.2, 0.25) is 5.91 Å². The summed E-state index contributed by atoms with van der Waals surface area (Å²) in [5, 5.41) is 4.36. The van der Waals surface area contributed by atoms with Crippen molar-refractivity contribution < 1.29 is 4.79 Å². The maximum absolute atomic E-state index is 13.2. The number of thioether (sulfide) groups is 1. The van der Waals surface area contributed by atoms with Gasteiger partial charge in [0, 0.05) is 36.9 Å². The van der Waals surface area contributed by atoms with Gasteiger partial charge in [0.25, 0.3) is 5.56 Å². The fourth-order valence-corrected chi connectivity index (χ4v) is 5.89. The molecule has 8 heteroatoms. The monoisotopic (exact) mass is 442 g/mol. The van der Waals surface area contributed by atoms with E-state index in [1.165, 1.54) is 22.2 Å². The summed E-state index contributed by atoms with van der Waals surface area (Å²) in [6, 6.07) is 7.71. The summed E-state index contributed by atoms with van der Waals surface area (Å²) in [6.07, 6.45) is 3.98. The smallest absolute Gasteiger partial charge is 0.263 e. The van der Waals surface area contributed by atoms with Gasteiger partial charge >= 0.3 is 0 Å². The first kappa shape index (κ1) is 20.9. The van der Waals surface area contributed by atoms with Gasteiger partial charge in [-0.05, 0) is 55.5 Å². The molecule has 0 aliphatic heterocycles. The highest BCUT2D eigenvalue weighted by atomic mass is 32.2. The van der Waals surface area contributed by atoms with Gasteiger partial charge in [-0.2, -0.15) is 0 Å². The standard InChI is InChI=1S/C22H26N4O2S2/c1-4-12-26-21(28)19-16-6-5-7-17(16)30-20(19)24-22(26)29-13-18(27)23-14-8-10-15(11-9-14)25(2)3/h8-11H,4-7,12-13H2,1-3H3,(H,23,27). The van der Waals surface area contributed by atoms with E-state index in [4.69, 9.17) is 4.98 Å². The Kier molecular flexibility index (Phi) is 6.15. The number of fused-ring (bicyclic) bond motifs is 3. The molecule has 30 heavy (non-hydrogen) atoms. The van der Waals surface area contributed by atoms with Crippen LogP contribution in [0, 0.1) is 0 Å². The molecule has 0 atom stereocenters. The number of aromatic nitrogens is 2. The average molecular weight is 443 g/mol. The van der Waals surface area contributed by atoms with Crippen LogP contribution in [0.15, 0.2) is 34.2 Å². The van der Waals surface area contributed by atoms with Crippen LogP contribution in [0.2, 0.25) is 0 Å². The molecule has 3 aromatic rings. The van der Waals surface area contributed by atoms with Crippen molar-refractivity contribution in [1.29, 1.82) is 0 Å². The van der Waals surface area contributed by atoms with Crippen molar-refractivity contribution in [3.05, 3.63) is 45.1 Å². The highest BCUT2D eigenvalue weighted by Gasteiger charge is 2.23.